The first-order valence-electron chi connectivity index (χ1n) is 9.22. The van der Waals surface area contributed by atoms with Crippen molar-refractivity contribution in [3.63, 3.8) is 0 Å². The summed E-state index contributed by atoms with van der Waals surface area (Å²) in [5.41, 5.74) is 1.54. The van der Waals surface area contributed by atoms with Gasteiger partial charge in [0, 0.05) is 24.3 Å². The lowest BCUT2D eigenvalue weighted by atomic mass is 10.1. The molecule has 0 aliphatic carbocycles. The SMILES string of the molecule is CCCN(CCC)C(=O)c1cccc(NC(=S)NC(=O)c2ccccc2Cl)c1. The van der Waals surface area contributed by atoms with E-state index in [9.17, 15) is 9.59 Å². The second-order valence-corrected chi connectivity index (χ2v) is 7.08. The number of hydrogen-bond acceptors (Lipinski definition) is 3. The minimum atomic E-state index is -0.396. The van der Waals surface area contributed by atoms with Crippen LogP contribution >= 0.6 is 23.8 Å². The number of benzene rings is 2. The predicted octanol–water partition coefficient (Wildman–Crippen LogP) is 4.73. The van der Waals surface area contributed by atoms with Gasteiger partial charge in [0.1, 0.15) is 0 Å². The number of carbonyl (C=O) groups is 2. The van der Waals surface area contributed by atoms with E-state index >= 15 is 0 Å². The van der Waals surface area contributed by atoms with Crippen LogP contribution < -0.4 is 10.6 Å². The molecule has 0 unspecified atom stereocenters. The molecule has 2 aromatic carbocycles. The summed E-state index contributed by atoms with van der Waals surface area (Å²) in [5.74, 6) is -0.411. The highest BCUT2D eigenvalue weighted by Crippen LogP contribution is 2.16. The summed E-state index contributed by atoms with van der Waals surface area (Å²) < 4.78 is 0. The van der Waals surface area contributed by atoms with Crippen LogP contribution in [0.15, 0.2) is 48.5 Å². The van der Waals surface area contributed by atoms with Crippen molar-refractivity contribution >= 4 is 46.4 Å². The number of hydrogen-bond donors (Lipinski definition) is 2. The second kappa shape index (κ2) is 10.8. The van der Waals surface area contributed by atoms with Crippen molar-refractivity contribution in [3.05, 3.63) is 64.7 Å². The number of carbonyl (C=O) groups excluding carboxylic acids is 2. The number of nitrogens with one attached hydrogen (secondary N) is 2. The van der Waals surface area contributed by atoms with Crippen LogP contribution in [0, 0.1) is 0 Å². The van der Waals surface area contributed by atoms with Gasteiger partial charge in [0.05, 0.1) is 10.6 Å². The maximum atomic E-state index is 12.7. The zero-order valence-electron chi connectivity index (χ0n) is 16.0. The summed E-state index contributed by atoms with van der Waals surface area (Å²) in [7, 11) is 0. The first-order chi connectivity index (χ1) is 13.5. The Bertz CT molecular complexity index is 851. The molecule has 0 aliphatic heterocycles. The Hall–Kier alpha value is -2.44. The summed E-state index contributed by atoms with van der Waals surface area (Å²) in [6.07, 6.45) is 1.81. The molecule has 0 bridgehead atoms. The summed E-state index contributed by atoms with van der Waals surface area (Å²) in [6, 6.07) is 13.8. The molecule has 2 amide bonds. The molecule has 2 N–H and O–H groups in total. The summed E-state index contributed by atoms with van der Waals surface area (Å²) in [5, 5.41) is 6.03. The number of amides is 2. The van der Waals surface area contributed by atoms with E-state index in [2.05, 4.69) is 10.6 Å². The minimum absolute atomic E-state index is 0.0154. The maximum absolute atomic E-state index is 12.7. The van der Waals surface area contributed by atoms with E-state index < -0.39 is 5.91 Å². The largest absolute Gasteiger partial charge is 0.339 e. The zero-order valence-corrected chi connectivity index (χ0v) is 17.6. The lowest BCUT2D eigenvalue weighted by molar-refractivity contribution is 0.0755. The molecular formula is C21H24ClN3O2S. The highest BCUT2D eigenvalue weighted by Gasteiger charge is 2.15. The van der Waals surface area contributed by atoms with Gasteiger partial charge in [-0.15, -0.1) is 0 Å². The van der Waals surface area contributed by atoms with Crippen LogP contribution in [0.2, 0.25) is 5.02 Å². The molecule has 0 aliphatic rings. The first-order valence-corrected chi connectivity index (χ1v) is 10.0. The molecule has 0 saturated carbocycles. The fourth-order valence-electron chi connectivity index (χ4n) is 2.75. The normalized spacial score (nSPS) is 10.2. The van der Waals surface area contributed by atoms with Gasteiger partial charge in [-0.05, 0) is 55.4 Å². The molecule has 2 aromatic rings. The Labute approximate surface area is 176 Å². The van der Waals surface area contributed by atoms with Gasteiger partial charge in [0.2, 0.25) is 0 Å². The van der Waals surface area contributed by atoms with Gasteiger partial charge in [-0.25, -0.2) is 0 Å². The van der Waals surface area contributed by atoms with Crippen LogP contribution in [-0.2, 0) is 0 Å². The Morgan fingerprint density at radius 1 is 1.04 bits per heavy atom. The standard InChI is InChI=1S/C21H24ClN3O2S/c1-3-12-25(13-4-2)20(27)15-8-7-9-16(14-15)23-21(28)24-19(26)17-10-5-6-11-18(17)22/h5-11,14H,3-4,12-13H2,1-2H3,(H2,23,24,26,28). The first kappa shape index (κ1) is 21.9. The van der Waals surface area contributed by atoms with Gasteiger partial charge in [0.15, 0.2) is 5.11 Å². The molecule has 7 heteroatoms. The van der Waals surface area contributed by atoms with E-state index in [1.54, 1.807) is 48.5 Å². The topological polar surface area (TPSA) is 61.4 Å². The molecule has 2 rings (SSSR count). The number of rotatable bonds is 7. The van der Waals surface area contributed by atoms with Crippen LogP contribution in [-0.4, -0.2) is 34.9 Å². The van der Waals surface area contributed by atoms with Crippen molar-refractivity contribution in [3.8, 4) is 0 Å². The number of nitrogens with zero attached hydrogens (tertiary/aromatic N) is 1. The van der Waals surface area contributed by atoms with Crippen LogP contribution in [0.1, 0.15) is 47.4 Å². The van der Waals surface area contributed by atoms with Crippen LogP contribution in [0.5, 0.6) is 0 Å². The highest BCUT2D eigenvalue weighted by molar-refractivity contribution is 7.80. The Kier molecular flexibility index (Phi) is 8.42. The van der Waals surface area contributed by atoms with Gasteiger partial charge in [-0.3, -0.25) is 14.9 Å². The van der Waals surface area contributed by atoms with E-state index in [-0.39, 0.29) is 11.0 Å². The molecule has 148 valence electrons. The van der Waals surface area contributed by atoms with E-state index in [0.717, 1.165) is 25.9 Å². The second-order valence-electron chi connectivity index (χ2n) is 6.26. The van der Waals surface area contributed by atoms with Gasteiger partial charge < -0.3 is 10.2 Å². The predicted molar refractivity (Wildman–Crippen MR) is 118 cm³/mol. The Balaban J connectivity index is 2.05. The molecule has 0 atom stereocenters. The molecule has 0 saturated heterocycles. The molecule has 0 aromatic heterocycles. The van der Waals surface area contributed by atoms with Crippen LogP contribution in [0.4, 0.5) is 5.69 Å². The van der Waals surface area contributed by atoms with Crippen molar-refractivity contribution in [2.75, 3.05) is 18.4 Å². The third kappa shape index (κ3) is 6.04. The van der Waals surface area contributed by atoms with Crippen molar-refractivity contribution < 1.29 is 9.59 Å². The number of halogens is 1. The van der Waals surface area contributed by atoms with Gasteiger partial charge in [-0.2, -0.15) is 0 Å². The quantitative estimate of drug-likeness (QED) is 0.639. The van der Waals surface area contributed by atoms with Crippen molar-refractivity contribution in [1.82, 2.24) is 10.2 Å². The average molecular weight is 418 g/mol. The summed E-state index contributed by atoms with van der Waals surface area (Å²) in [6.45, 7) is 5.54. The fraction of sp³-hybridized carbons (Fsp3) is 0.286. The zero-order chi connectivity index (χ0) is 20.5. The van der Waals surface area contributed by atoms with Gasteiger partial charge in [-0.1, -0.05) is 43.6 Å². The lowest BCUT2D eigenvalue weighted by Crippen LogP contribution is -2.34. The molecule has 5 nitrogen and oxygen atoms in total. The molecule has 0 spiro atoms. The highest BCUT2D eigenvalue weighted by atomic mass is 35.5. The van der Waals surface area contributed by atoms with E-state index in [4.69, 9.17) is 23.8 Å². The number of anilines is 1. The van der Waals surface area contributed by atoms with Crippen LogP contribution in [0.25, 0.3) is 0 Å². The average Bonchev–Trinajstić information content (AvgIpc) is 2.67. The smallest absolute Gasteiger partial charge is 0.258 e. The Morgan fingerprint density at radius 2 is 1.71 bits per heavy atom. The van der Waals surface area contributed by atoms with Crippen molar-refractivity contribution in [1.29, 1.82) is 0 Å². The lowest BCUT2D eigenvalue weighted by Gasteiger charge is -2.21. The summed E-state index contributed by atoms with van der Waals surface area (Å²) in [4.78, 5) is 26.9. The molecule has 0 fully saturated rings. The van der Waals surface area contributed by atoms with Gasteiger partial charge in [0.25, 0.3) is 11.8 Å². The number of thiocarbonyl (C=S) groups is 1. The minimum Gasteiger partial charge on any atom is -0.339 e. The molecule has 0 heterocycles. The third-order valence-electron chi connectivity index (χ3n) is 3.99. The molecule has 28 heavy (non-hydrogen) atoms. The summed E-state index contributed by atoms with van der Waals surface area (Å²) >= 11 is 11.3. The van der Waals surface area contributed by atoms with E-state index in [1.807, 2.05) is 18.7 Å². The maximum Gasteiger partial charge on any atom is 0.258 e. The molecule has 0 radical (unpaired) electrons. The van der Waals surface area contributed by atoms with Crippen LogP contribution in [0.3, 0.4) is 0 Å². The van der Waals surface area contributed by atoms with Crippen molar-refractivity contribution in [2.24, 2.45) is 0 Å². The van der Waals surface area contributed by atoms with Crippen molar-refractivity contribution in [2.45, 2.75) is 26.7 Å². The monoisotopic (exact) mass is 417 g/mol. The fourth-order valence-corrected chi connectivity index (χ4v) is 3.18. The Morgan fingerprint density at radius 3 is 2.36 bits per heavy atom. The van der Waals surface area contributed by atoms with E-state index in [1.165, 1.54) is 0 Å². The van der Waals surface area contributed by atoms with Gasteiger partial charge >= 0.3 is 0 Å². The molecular weight excluding hydrogens is 394 g/mol. The van der Waals surface area contributed by atoms with E-state index in [0.29, 0.717) is 21.8 Å². The third-order valence-corrected chi connectivity index (χ3v) is 4.52.